The summed E-state index contributed by atoms with van der Waals surface area (Å²) in [5.41, 5.74) is 4.98. The minimum Gasteiger partial charge on any atom is -0.457 e. The van der Waals surface area contributed by atoms with Crippen LogP contribution in [0.3, 0.4) is 0 Å². The molecular formula is C18H24O. The maximum atomic E-state index is 5.90. The molecule has 19 heavy (non-hydrogen) atoms. The molecule has 0 saturated carbocycles. The van der Waals surface area contributed by atoms with Crippen LogP contribution in [0.1, 0.15) is 36.1 Å². The molecule has 0 aromatic heterocycles. The Kier molecular flexibility index (Phi) is 5.62. The van der Waals surface area contributed by atoms with Crippen molar-refractivity contribution in [2.24, 2.45) is 0 Å². The van der Waals surface area contributed by atoms with E-state index in [2.05, 4.69) is 52.0 Å². The maximum absolute atomic E-state index is 5.90. The highest BCUT2D eigenvalue weighted by Gasteiger charge is 2.02. The Labute approximate surface area is 117 Å². The molecule has 2 aromatic rings. The van der Waals surface area contributed by atoms with E-state index in [1.807, 2.05) is 26.0 Å². The van der Waals surface area contributed by atoms with Gasteiger partial charge in [-0.15, -0.1) is 0 Å². The second-order valence-corrected chi connectivity index (χ2v) is 4.62. The van der Waals surface area contributed by atoms with E-state index in [4.69, 9.17) is 4.74 Å². The fourth-order valence-electron chi connectivity index (χ4n) is 1.82. The van der Waals surface area contributed by atoms with Gasteiger partial charge in [-0.3, -0.25) is 0 Å². The Bertz CT molecular complexity index is 541. The van der Waals surface area contributed by atoms with Crippen molar-refractivity contribution < 1.29 is 4.74 Å². The summed E-state index contributed by atoms with van der Waals surface area (Å²) >= 11 is 0. The van der Waals surface area contributed by atoms with E-state index in [1.165, 1.54) is 22.3 Å². The summed E-state index contributed by atoms with van der Waals surface area (Å²) in [4.78, 5) is 0. The number of rotatable bonds is 2. The molecule has 0 heterocycles. The molecule has 0 aliphatic heterocycles. The fourth-order valence-corrected chi connectivity index (χ4v) is 1.82. The van der Waals surface area contributed by atoms with Gasteiger partial charge in [0.1, 0.15) is 11.5 Å². The van der Waals surface area contributed by atoms with E-state index >= 15 is 0 Å². The number of hydrogen-bond donors (Lipinski definition) is 0. The van der Waals surface area contributed by atoms with Crippen molar-refractivity contribution in [3.8, 4) is 11.5 Å². The van der Waals surface area contributed by atoms with Crippen LogP contribution < -0.4 is 4.74 Å². The lowest BCUT2D eigenvalue weighted by molar-refractivity contribution is 0.478. The van der Waals surface area contributed by atoms with Crippen LogP contribution in [0.25, 0.3) is 0 Å². The highest BCUT2D eigenvalue weighted by Crippen LogP contribution is 2.26. The summed E-state index contributed by atoms with van der Waals surface area (Å²) in [6.45, 7) is 12.4. The Balaban J connectivity index is 0.000000861. The first-order chi connectivity index (χ1) is 9.06. The highest BCUT2D eigenvalue weighted by molar-refractivity contribution is 5.41. The molecule has 0 aliphatic rings. The van der Waals surface area contributed by atoms with Crippen LogP contribution in [-0.2, 0) is 0 Å². The Morgan fingerprint density at radius 1 is 0.684 bits per heavy atom. The van der Waals surface area contributed by atoms with Crippen LogP contribution >= 0.6 is 0 Å². The van der Waals surface area contributed by atoms with Crippen LogP contribution in [0.2, 0.25) is 0 Å². The van der Waals surface area contributed by atoms with Crippen molar-refractivity contribution in [3.63, 3.8) is 0 Å². The van der Waals surface area contributed by atoms with Crippen molar-refractivity contribution in [1.29, 1.82) is 0 Å². The third kappa shape index (κ3) is 4.13. The molecule has 0 amide bonds. The molecule has 0 N–H and O–H groups in total. The molecule has 1 heteroatoms. The number of ether oxygens (including phenoxy) is 1. The topological polar surface area (TPSA) is 9.23 Å². The smallest absolute Gasteiger partial charge is 0.130 e. The minimum absolute atomic E-state index is 0.903. The zero-order valence-electron chi connectivity index (χ0n) is 12.9. The molecule has 0 unspecified atom stereocenters. The van der Waals surface area contributed by atoms with Crippen molar-refractivity contribution in [3.05, 3.63) is 58.7 Å². The first kappa shape index (κ1) is 15.3. The Morgan fingerprint density at radius 2 is 1.37 bits per heavy atom. The molecule has 2 rings (SSSR count). The SMILES string of the molecule is CC.Cc1ccc(Oc2ccc(C)c(C)c2)c(C)c1. The van der Waals surface area contributed by atoms with Gasteiger partial charge in [-0.25, -0.2) is 0 Å². The van der Waals surface area contributed by atoms with E-state index < -0.39 is 0 Å². The van der Waals surface area contributed by atoms with Gasteiger partial charge in [0.2, 0.25) is 0 Å². The largest absolute Gasteiger partial charge is 0.457 e. The van der Waals surface area contributed by atoms with Crippen LogP contribution in [0.15, 0.2) is 36.4 Å². The first-order valence-corrected chi connectivity index (χ1v) is 6.88. The van der Waals surface area contributed by atoms with E-state index in [-0.39, 0.29) is 0 Å². The second-order valence-electron chi connectivity index (χ2n) is 4.62. The third-order valence-electron chi connectivity index (χ3n) is 3.04. The molecule has 0 bridgehead atoms. The molecule has 0 saturated heterocycles. The van der Waals surface area contributed by atoms with Gasteiger partial charge < -0.3 is 4.74 Å². The van der Waals surface area contributed by atoms with Crippen molar-refractivity contribution >= 4 is 0 Å². The zero-order valence-corrected chi connectivity index (χ0v) is 12.9. The summed E-state index contributed by atoms with van der Waals surface area (Å²) < 4.78 is 5.90. The third-order valence-corrected chi connectivity index (χ3v) is 3.04. The fraction of sp³-hybridized carbons (Fsp3) is 0.333. The van der Waals surface area contributed by atoms with E-state index in [9.17, 15) is 0 Å². The molecule has 0 aliphatic carbocycles. The summed E-state index contributed by atoms with van der Waals surface area (Å²) in [7, 11) is 0. The van der Waals surface area contributed by atoms with Gasteiger partial charge in [-0.2, -0.15) is 0 Å². The van der Waals surface area contributed by atoms with Gasteiger partial charge in [-0.1, -0.05) is 37.6 Å². The number of hydrogen-bond acceptors (Lipinski definition) is 1. The van der Waals surface area contributed by atoms with Gasteiger partial charge in [0.25, 0.3) is 0 Å². The van der Waals surface area contributed by atoms with Crippen molar-refractivity contribution in [2.75, 3.05) is 0 Å². The summed E-state index contributed by atoms with van der Waals surface area (Å²) in [6, 6.07) is 12.4. The average molecular weight is 256 g/mol. The molecule has 1 nitrogen and oxygen atoms in total. The Morgan fingerprint density at radius 3 is 1.95 bits per heavy atom. The van der Waals surface area contributed by atoms with Crippen LogP contribution in [0, 0.1) is 27.7 Å². The monoisotopic (exact) mass is 256 g/mol. The standard InChI is InChI=1S/C16H18O.C2H6/c1-11-5-8-16(14(4)9-11)17-15-7-6-12(2)13(3)10-15;1-2/h5-10H,1-4H3;1-2H3. The van der Waals surface area contributed by atoms with E-state index in [1.54, 1.807) is 0 Å². The highest BCUT2D eigenvalue weighted by atomic mass is 16.5. The van der Waals surface area contributed by atoms with E-state index in [0.29, 0.717) is 0 Å². The molecule has 0 spiro atoms. The van der Waals surface area contributed by atoms with Crippen molar-refractivity contribution in [2.45, 2.75) is 41.5 Å². The number of benzene rings is 2. The maximum Gasteiger partial charge on any atom is 0.130 e. The lowest BCUT2D eigenvalue weighted by atomic mass is 10.1. The Hall–Kier alpha value is -1.76. The lowest BCUT2D eigenvalue weighted by Crippen LogP contribution is -1.89. The summed E-state index contributed by atoms with van der Waals surface area (Å²) in [6.07, 6.45) is 0. The molecule has 2 aromatic carbocycles. The van der Waals surface area contributed by atoms with Crippen LogP contribution in [0.5, 0.6) is 11.5 Å². The molecule has 0 fully saturated rings. The van der Waals surface area contributed by atoms with Gasteiger partial charge in [0.05, 0.1) is 0 Å². The zero-order chi connectivity index (χ0) is 14.4. The molecule has 0 radical (unpaired) electrons. The lowest BCUT2D eigenvalue weighted by Gasteiger charge is -2.10. The number of aryl methyl sites for hydroxylation is 4. The van der Waals surface area contributed by atoms with Gasteiger partial charge in [0, 0.05) is 0 Å². The van der Waals surface area contributed by atoms with Gasteiger partial charge >= 0.3 is 0 Å². The second kappa shape index (κ2) is 6.98. The van der Waals surface area contributed by atoms with Crippen LogP contribution in [0.4, 0.5) is 0 Å². The molecule has 102 valence electrons. The van der Waals surface area contributed by atoms with Gasteiger partial charge in [-0.05, 0) is 62.6 Å². The van der Waals surface area contributed by atoms with Crippen molar-refractivity contribution in [1.82, 2.24) is 0 Å². The normalized spacial score (nSPS) is 9.58. The summed E-state index contributed by atoms with van der Waals surface area (Å²) in [5, 5.41) is 0. The van der Waals surface area contributed by atoms with E-state index in [0.717, 1.165) is 11.5 Å². The van der Waals surface area contributed by atoms with Gasteiger partial charge in [0.15, 0.2) is 0 Å². The molecular weight excluding hydrogens is 232 g/mol. The minimum atomic E-state index is 0.903. The average Bonchev–Trinajstić information content (AvgIpc) is 2.39. The first-order valence-electron chi connectivity index (χ1n) is 6.88. The predicted molar refractivity (Wildman–Crippen MR) is 83.3 cm³/mol. The predicted octanol–water partition coefficient (Wildman–Crippen LogP) is 5.74. The molecule has 0 atom stereocenters. The summed E-state index contributed by atoms with van der Waals surface area (Å²) in [5.74, 6) is 1.83. The quantitative estimate of drug-likeness (QED) is 0.666. The van der Waals surface area contributed by atoms with Crippen LogP contribution in [-0.4, -0.2) is 0 Å².